The molecule has 0 saturated heterocycles. The second-order valence-corrected chi connectivity index (χ2v) is 5.82. The Morgan fingerprint density at radius 2 is 1.92 bits per heavy atom. The van der Waals surface area contributed by atoms with Crippen LogP contribution in [0.4, 0.5) is 11.4 Å². The van der Waals surface area contributed by atoms with E-state index >= 15 is 0 Å². The van der Waals surface area contributed by atoms with Crippen LogP contribution in [0, 0.1) is 17.0 Å². The molecule has 1 amide bonds. The molecule has 1 atom stereocenters. The molecule has 7 nitrogen and oxygen atoms in total. The van der Waals surface area contributed by atoms with Crippen LogP contribution in [-0.2, 0) is 4.79 Å². The van der Waals surface area contributed by atoms with Gasteiger partial charge in [-0.3, -0.25) is 14.9 Å². The van der Waals surface area contributed by atoms with Crippen LogP contribution in [0.3, 0.4) is 0 Å². The number of nitro groups is 1. The van der Waals surface area contributed by atoms with Gasteiger partial charge < -0.3 is 15.0 Å². The molecule has 2 aromatic carbocycles. The number of anilines is 1. The number of para-hydroxylation sites is 2. The molecule has 0 aliphatic carbocycles. The van der Waals surface area contributed by atoms with Gasteiger partial charge in [-0.15, -0.1) is 0 Å². The van der Waals surface area contributed by atoms with E-state index in [0.29, 0.717) is 18.7 Å². The van der Waals surface area contributed by atoms with Crippen molar-refractivity contribution in [3.63, 3.8) is 0 Å². The number of carbonyl (C=O) groups is 1. The van der Waals surface area contributed by atoms with Crippen molar-refractivity contribution in [2.75, 3.05) is 32.1 Å². The highest BCUT2D eigenvalue weighted by molar-refractivity contribution is 5.94. The van der Waals surface area contributed by atoms with Crippen LogP contribution >= 0.6 is 0 Å². The summed E-state index contributed by atoms with van der Waals surface area (Å²) in [5, 5.41) is 13.7. The van der Waals surface area contributed by atoms with Crippen LogP contribution in [0.25, 0.3) is 0 Å². The van der Waals surface area contributed by atoms with Gasteiger partial charge in [-0.1, -0.05) is 30.3 Å². The zero-order chi connectivity index (χ0) is 18.2. The van der Waals surface area contributed by atoms with E-state index in [1.165, 1.54) is 6.07 Å². The summed E-state index contributed by atoms with van der Waals surface area (Å²) >= 11 is 0. The minimum absolute atomic E-state index is 0.0987. The number of ether oxygens (including phenoxy) is 1. The molecule has 0 spiro atoms. The summed E-state index contributed by atoms with van der Waals surface area (Å²) in [5.41, 5.74) is 0.817. The molecule has 0 saturated carbocycles. The number of aryl methyl sites for hydroxylation is 1. The van der Waals surface area contributed by atoms with E-state index in [9.17, 15) is 14.9 Å². The van der Waals surface area contributed by atoms with Crippen molar-refractivity contribution in [2.24, 2.45) is 0 Å². The lowest BCUT2D eigenvalue weighted by Crippen LogP contribution is -3.10. The molecule has 0 radical (unpaired) electrons. The van der Waals surface area contributed by atoms with Crippen LogP contribution < -0.4 is 15.0 Å². The maximum absolute atomic E-state index is 12.2. The van der Waals surface area contributed by atoms with Gasteiger partial charge in [0.25, 0.3) is 11.6 Å². The average molecular weight is 344 g/mol. The van der Waals surface area contributed by atoms with Gasteiger partial charge >= 0.3 is 0 Å². The lowest BCUT2D eigenvalue weighted by Gasteiger charge is -2.15. The number of hydrogen-bond donors (Lipinski definition) is 2. The van der Waals surface area contributed by atoms with Crippen molar-refractivity contribution in [3.05, 3.63) is 64.2 Å². The quantitative estimate of drug-likeness (QED) is 0.560. The second-order valence-electron chi connectivity index (χ2n) is 5.82. The molecular formula is C18H22N3O4+. The Kier molecular flexibility index (Phi) is 6.47. The van der Waals surface area contributed by atoms with Crippen LogP contribution in [0.1, 0.15) is 5.56 Å². The fourth-order valence-corrected chi connectivity index (χ4v) is 2.37. The van der Waals surface area contributed by atoms with Crippen LogP contribution in [-0.4, -0.2) is 37.6 Å². The van der Waals surface area contributed by atoms with Crippen molar-refractivity contribution in [3.8, 4) is 5.75 Å². The van der Waals surface area contributed by atoms with Gasteiger partial charge in [0.15, 0.2) is 6.54 Å². The summed E-state index contributed by atoms with van der Waals surface area (Å²) in [7, 11) is 1.88. The van der Waals surface area contributed by atoms with Crippen molar-refractivity contribution in [1.82, 2.24) is 0 Å². The van der Waals surface area contributed by atoms with Crippen LogP contribution in [0.15, 0.2) is 48.5 Å². The van der Waals surface area contributed by atoms with Crippen molar-refractivity contribution in [1.29, 1.82) is 0 Å². The highest BCUT2D eigenvalue weighted by atomic mass is 16.6. The first-order valence-electron chi connectivity index (χ1n) is 8.00. The molecule has 1 unspecified atom stereocenters. The predicted octanol–water partition coefficient (Wildman–Crippen LogP) is 1.44. The molecule has 0 aliphatic rings. The lowest BCUT2D eigenvalue weighted by molar-refractivity contribution is -0.871. The van der Waals surface area contributed by atoms with Gasteiger partial charge in [0.1, 0.15) is 24.6 Å². The molecule has 2 N–H and O–H groups in total. The largest absolute Gasteiger partial charge is 0.488 e. The van der Waals surface area contributed by atoms with E-state index in [1.54, 1.807) is 19.1 Å². The van der Waals surface area contributed by atoms with Gasteiger partial charge in [-0.05, 0) is 24.6 Å². The number of likely N-dealkylation sites (N-methyl/N-ethyl adjacent to an activating group) is 1. The normalized spacial score (nSPS) is 11.6. The molecule has 0 bridgehead atoms. The fraction of sp³-hybridized carbons (Fsp3) is 0.278. The van der Waals surface area contributed by atoms with Crippen molar-refractivity contribution >= 4 is 17.3 Å². The number of amides is 1. The molecule has 7 heteroatoms. The average Bonchev–Trinajstić information content (AvgIpc) is 2.57. The number of nitrogens with zero attached hydrogens (tertiary/aromatic N) is 1. The standard InChI is InChI=1S/C18H21N3O4/c1-14-7-6-10-16(21(23)24)18(14)19-17(22)13-20(2)11-12-25-15-8-4-3-5-9-15/h3-10H,11-13H2,1-2H3,(H,19,22)/p+1. The highest BCUT2D eigenvalue weighted by Gasteiger charge is 2.19. The number of carbonyl (C=O) groups excluding carboxylic acids is 1. The first-order chi connectivity index (χ1) is 12.0. The zero-order valence-electron chi connectivity index (χ0n) is 14.3. The van der Waals surface area contributed by atoms with E-state index in [2.05, 4.69) is 5.32 Å². The molecular weight excluding hydrogens is 322 g/mol. The third kappa shape index (κ3) is 5.58. The summed E-state index contributed by atoms with van der Waals surface area (Å²) in [4.78, 5) is 23.7. The summed E-state index contributed by atoms with van der Waals surface area (Å²) in [6.07, 6.45) is 0. The topological polar surface area (TPSA) is 85.9 Å². The number of hydrogen-bond acceptors (Lipinski definition) is 4. The van der Waals surface area contributed by atoms with E-state index in [1.807, 2.05) is 37.4 Å². The van der Waals surface area contributed by atoms with Crippen molar-refractivity contribution < 1.29 is 19.4 Å². The first kappa shape index (κ1) is 18.4. The summed E-state index contributed by atoms with van der Waals surface area (Å²) in [5.74, 6) is 0.518. The van der Waals surface area contributed by atoms with E-state index in [-0.39, 0.29) is 23.8 Å². The Labute approximate surface area is 146 Å². The third-order valence-electron chi connectivity index (χ3n) is 3.72. The Morgan fingerprint density at radius 1 is 1.20 bits per heavy atom. The third-order valence-corrected chi connectivity index (χ3v) is 3.72. The SMILES string of the molecule is Cc1cccc([N+](=O)[O-])c1NC(=O)C[NH+](C)CCOc1ccccc1. The van der Waals surface area contributed by atoms with E-state index in [4.69, 9.17) is 4.74 Å². The molecule has 0 aliphatic heterocycles. The van der Waals surface area contributed by atoms with Gasteiger partial charge in [0, 0.05) is 6.07 Å². The fourth-order valence-electron chi connectivity index (χ4n) is 2.37. The number of rotatable bonds is 8. The molecule has 2 aromatic rings. The lowest BCUT2D eigenvalue weighted by atomic mass is 10.1. The first-order valence-corrected chi connectivity index (χ1v) is 8.00. The molecule has 0 aromatic heterocycles. The number of quaternary nitrogens is 1. The number of benzene rings is 2. The van der Waals surface area contributed by atoms with Crippen LogP contribution in [0.2, 0.25) is 0 Å². The Bertz CT molecular complexity index is 734. The Balaban J connectivity index is 1.85. The predicted molar refractivity (Wildman–Crippen MR) is 95.0 cm³/mol. The Morgan fingerprint density at radius 3 is 2.60 bits per heavy atom. The smallest absolute Gasteiger partial charge is 0.293 e. The van der Waals surface area contributed by atoms with Gasteiger partial charge in [-0.25, -0.2) is 0 Å². The van der Waals surface area contributed by atoms with Gasteiger partial charge in [0.05, 0.1) is 12.0 Å². The maximum Gasteiger partial charge on any atom is 0.293 e. The van der Waals surface area contributed by atoms with Gasteiger partial charge in [0.2, 0.25) is 0 Å². The molecule has 2 rings (SSSR count). The summed E-state index contributed by atoms with van der Waals surface area (Å²) in [6, 6.07) is 14.2. The highest BCUT2D eigenvalue weighted by Crippen LogP contribution is 2.27. The second kappa shape index (κ2) is 8.79. The monoisotopic (exact) mass is 344 g/mol. The molecule has 0 heterocycles. The number of nitrogens with one attached hydrogen (secondary N) is 2. The molecule has 132 valence electrons. The molecule has 0 fully saturated rings. The number of nitro benzene ring substituents is 1. The Hall–Kier alpha value is -2.93. The zero-order valence-corrected chi connectivity index (χ0v) is 14.3. The van der Waals surface area contributed by atoms with E-state index in [0.717, 1.165) is 10.6 Å². The van der Waals surface area contributed by atoms with Crippen molar-refractivity contribution in [2.45, 2.75) is 6.92 Å². The maximum atomic E-state index is 12.2. The minimum Gasteiger partial charge on any atom is -0.488 e. The van der Waals surface area contributed by atoms with Gasteiger partial charge in [-0.2, -0.15) is 0 Å². The van der Waals surface area contributed by atoms with E-state index < -0.39 is 4.92 Å². The summed E-state index contributed by atoms with van der Waals surface area (Å²) < 4.78 is 5.60. The van der Waals surface area contributed by atoms with Crippen LogP contribution in [0.5, 0.6) is 5.75 Å². The minimum atomic E-state index is -0.493. The summed E-state index contributed by atoms with van der Waals surface area (Å²) in [6.45, 7) is 3.04. The molecule has 25 heavy (non-hydrogen) atoms.